The fourth-order valence-electron chi connectivity index (χ4n) is 3.51. The SMILES string of the molecule is C=CC[N+](C)(CC)OCC.CCCCCCCCCCCCCCONc1ccccc1.[Cl-]. The monoisotopic (exact) mass is 484 g/mol. The summed E-state index contributed by atoms with van der Waals surface area (Å²) in [5.41, 5.74) is 4.01. The van der Waals surface area contributed by atoms with Gasteiger partial charge in [0.05, 0.1) is 19.3 Å². The molecule has 0 aliphatic carbocycles. The molecule has 0 aliphatic heterocycles. The molecule has 0 fully saturated rings. The number of nitrogens with one attached hydrogen (secondary N) is 1. The van der Waals surface area contributed by atoms with Crippen LogP contribution in [0.2, 0.25) is 0 Å². The van der Waals surface area contributed by atoms with Crippen molar-refractivity contribution >= 4 is 5.69 Å². The Morgan fingerprint density at radius 3 is 1.79 bits per heavy atom. The van der Waals surface area contributed by atoms with E-state index >= 15 is 0 Å². The fraction of sp³-hybridized carbons (Fsp3) is 0.714. The van der Waals surface area contributed by atoms with Crippen molar-refractivity contribution in [1.29, 1.82) is 0 Å². The van der Waals surface area contributed by atoms with Crippen LogP contribution in [0, 0.1) is 0 Å². The molecule has 0 bridgehead atoms. The van der Waals surface area contributed by atoms with Crippen molar-refractivity contribution in [2.75, 3.05) is 38.8 Å². The molecule has 1 atom stereocenters. The first-order valence-electron chi connectivity index (χ1n) is 13.1. The number of quaternary nitrogens is 1. The van der Waals surface area contributed by atoms with Gasteiger partial charge in [0.1, 0.15) is 19.7 Å². The molecule has 0 radical (unpaired) electrons. The third-order valence-corrected chi connectivity index (χ3v) is 5.69. The number of likely N-dealkylation sites (N-methyl/N-ethyl adjacent to an activating group) is 1. The van der Waals surface area contributed by atoms with E-state index in [9.17, 15) is 0 Å². The number of unbranched alkanes of at least 4 members (excludes halogenated alkanes) is 11. The number of rotatable bonds is 20. The molecule has 1 unspecified atom stereocenters. The summed E-state index contributed by atoms with van der Waals surface area (Å²) in [6, 6.07) is 10.1. The predicted molar refractivity (Wildman–Crippen MR) is 141 cm³/mol. The molecule has 1 aromatic carbocycles. The Morgan fingerprint density at radius 1 is 0.818 bits per heavy atom. The normalized spacial score (nSPS) is 12.1. The number of benzene rings is 1. The van der Waals surface area contributed by atoms with E-state index in [1.165, 1.54) is 70.6 Å². The molecule has 1 N–H and O–H groups in total. The first-order valence-corrected chi connectivity index (χ1v) is 13.1. The maximum atomic E-state index is 5.49. The van der Waals surface area contributed by atoms with Crippen molar-refractivity contribution in [2.45, 2.75) is 97.8 Å². The molecular formula is C28H53ClN2O2. The van der Waals surface area contributed by atoms with Gasteiger partial charge in [0.15, 0.2) is 0 Å². The molecular weight excluding hydrogens is 432 g/mol. The Morgan fingerprint density at radius 2 is 1.33 bits per heavy atom. The van der Waals surface area contributed by atoms with Gasteiger partial charge in [0.25, 0.3) is 0 Å². The molecule has 4 nitrogen and oxygen atoms in total. The highest BCUT2D eigenvalue weighted by Gasteiger charge is 2.17. The van der Waals surface area contributed by atoms with Crippen molar-refractivity contribution < 1.29 is 26.7 Å². The minimum atomic E-state index is 0. The summed E-state index contributed by atoms with van der Waals surface area (Å²) in [6.45, 7) is 13.5. The lowest BCUT2D eigenvalue weighted by Crippen LogP contribution is -3.00. The zero-order chi connectivity index (χ0) is 23.8. The second kappa shape index (κ2) is 25.6. The van der Waals surface area contributed by atoms with Crippen molar-refractivity contribution in [3.05, 3.63) is 43.0 Å². The van der Waals surface area contributed by atoms with Gasteiger partial charge in [0, 0.05) is 0 Å². The van der Waals surface area contributed by atoms with E-state index in [0.29, 0.717) is 4.65 Å². The summed E-state index contributed by atoms with van der Waals surface area (Å²) in [5, 5.41) is 0. The lowest BCUT2D eigenvalue weighted by molar-refractivity contribution is -1.09. The number of hydrogen-bond acceptors (Lipinski definition) is 3. The van der Waals surface area contributed by atoms with E-state index in [2.05, 4.69) is 33.0 Å². The Kier molecular flexibility index (Phi) is 26.4. The number of nitrogens with zero attached hydrogens (tertiary/aromatic N) is 1. The highest BCUT2D eigenvalue weighted by molar-refractivity contribution is 5.39. The zero-order valence-electron chi connectivity index (χ0n) is 22.1. The predicted octanol–water partition coefficient (Wildman–Crippen LogP) is 5.33. The van der Waals surface area contributed by atoms with Crippen LogP contribution in [0.15, 0.2) is 43.0 Å². The van der Waals surface area contributed by atoms with E-state index < -0.39 is 0 Å². The van der Waals surface area contributed by atoms with E-state index in [-0.39, 0.29) is 12.4 Å². The molecule has 0 aromatic heterocycles. The van der Waals surface area contributed by atoms with Crippen LogP contribution >= 0.6 is 0 Å². The van der Waals surface area contributed by atoms with E-state index in [1.54, 1.807) is 0 Å². The van der Waals surface area contributed by atoms with Crippen LogP contribution in [0.25, 0.3) is 0 Å². The summed E-state index contributed by atoms with van der Waals surface area (Å²) in [7, 11) is 2.06. The van der Waals surface area contributed by atoms with E-state index in [0.717, 1.165) is 38.4 Å². The lowest BCUT2D eigenvalue weighted by atomic mass is 10.1. The van der Waals surface area contributed by atoms with Gasteiger partial charge in [-0.25, -0.2) is 4.84 Å². The van der Waals surface area contributed by atoms with Gasteiger partial charge in [-0.05, 0) is 38.5 Å². The van der Waals surface area contributed by atoms with Gasteiger partial charge in [-0.15, -0.1) is 0 Å². The highest BCUT2D eigenvalue weighted by atomic mass is 35.5. The van der Waals surface area contributed by atoms with Crippen LogP contribution in [0.4, 0.5) is 5.69 Å². The highest BCUT2D eigenvalue weighted by Crippen LogP contribution is 2.12. The summed E-state index contributed by atoms with van der Waals surface area (Å²) in [5.74, 6) is 0. The Hall–Kier alpha value is -1.07. The average Bonchev–Trinajstić information content (AvgIpc) is 2.81. The standard InChI is InChI=1S/C20H35NO.C8H18NO.ClH/c1-2-3-4-5-6-7-8-9-10-11-12-16-19-22-21-20-17-14-13-15-18-20;1-5-8-9(4,6-2)10-7-3;/h13-15,17-18,21H,2-12,16,19H2,1H3;5H,1,6-8H2,2-4H3;1H/q;+1;/p-1. The summed E-state index contributed by atoms with van der Waals surface area (Å²) < 4.78 is 0.639. The molecule has 0 saturated carbocycles. The number of hydroxylamine groups is 3. The lowest BCUT2D eigenvalue weighted by Gasteiger charge is -2.28. The Labute approximate surface area is 212 Å². The number of para-hydroxylation sites is 1. The van der Waals surface area contributed by atoms with Gasteiger partial charge in [-0.3, -0.25) is 10.3 Å². The summed E-state index contributed by atoms with van der Waals surface area (Å²) in [6.07, 6.45) is 18.4. The molecule has 0 aliphatic rings. The molecule has 1 rings (SSSR count). The minimum absolute atomic E-state index is 0. The molecule has 0 saturated heterocycles. The largest absolute Gasteiger partial charge is 1.00 e. The average molecular weight is 485 g/mol. The van der Waals surface area contributed by atoms with Gasteiger partial charge >= 0.3 is 0 Å². The maximum absolute atomic E-state index is 5.49. The number of hydrogen-bond donors (Lipinski definition) is 1. The number of anilines is 1. The zero-order valence-corrected chi connectivity index (χ0v) is 22.9. The van der Waals surface area contributed by atoms with Crippen molar-refractivity contribution in [3.63, 3.8) is 0 Å². The fourth-order valence-corrected chi connectivity index (χ4v) is 3.51. The van der Waals surface area contributed by atoms with E-state index in [1.807, 2.05) is 43.3 Å². The first kappa shape index (κ1) is 34.1. The smallest absolute Gasteiger partial charge is 0.127 e. The van der Waals surface area contributed by atoms with Crippen LogP contribution < -0.4 is 17.9 Å². The van der Waals surface area contributed by atoms with Gasteiger partial charge in [-0.2, -0.15) is 4.65 Å². The van der Waals surface area contributed by atoms with E-state index in [4.69, 9.17) is 9.68 Å². The molecule has 0 amide bonds. The summed E-state index contributed by atoms with van der Waals surface area (Å²) >= 11 is 0. The molecule has 1 aromatic rings. The van der Waals surface area contributed by atoms with Crippen molar-refractivity contribution in [3.8, 4) is 0 Å². The minimum Gasteiger partial charge on any atom is -1.00 e. The van der Waals surface area contributed by atoms with Crippen molar-refractivity contribution in [2.24, 2.45) is 0 Å². The second-order valence-electron chi connectivity index (χ2n) is 8.71. The van der Waals surface area contributed by atoms with Crippen LogP contribution in [-0.2, 0) is 9.68 Å². The molecule has 33 heavy (non-hydrogen) atoms. The van der Waals surface area contributed by atoms with Crippen LogP contribution in [0.5, 0.6) is 0 Å². The third-order valence-electron chi connectivity index (χ3n) is 5.69. The molecule has 194 valence electrons. The van der Waals surface area contributed by atoms with Crippen LogP contribution in [0.1, 0.15) is 97.8 Å². The van der Waals surface area contributed by atoms with Crippen LogP contribution in [0.3, 0.4) is 0 Å². The first-order chi connectivity index (χ1) is 15.6. The van der Waals surface area contributed by atoms with Crippen molar-refractivity contribution in [1.82, 2.24) is 0 Å². The van der Waals surface area contributed by atoms with Gasteiger partial charge in [-0.1, -0.05) is 102 Å². The number of halogens is 1. The topological polar surface area (TPSA) is 30.5 Å². The molecule has 0 heterocycles. The summed E-state index contributed by atoms with van der Waals surface area (Å²) in [4.78, 5) is 10.9. The van der Waals surface area contributed by atoms with Gasteiger partial charge in [0.2, 0.25) is 0 Å². The third kappa shape index (κ3) is 22.5. The van der Waals surface area contributed by atoms with Gasteiger partial charge < -0.3 is 12.4 Å². The molecule has 0 spiro atoms. The maximum Gasteiger partial charge on any atom is 0.127 e. The quantitative estimate of drug-likeness (QED) is 0.117. The van der Waals surface area contributed by atoms with Crippen LogP contribution in [-0.4, -0.2) is 38.0 Å². The molecule has 5 heteroatoms. The Bertz CT molecular complexity index is 516. The Balaban J connectivity index is 0. The second-order valence-corrected chi connectivity index (χ2v) is 8.71.